The smallest absolute Gasteiger partial charge is 0.427 e. The number of rotatable bonds is 6. The maximum absolute atomic E-state index is 11.1. The van der Waals surface area contributed by atoms with Crippen molar-refractivity contribution in [3.05, 3.63) is 0 Å². The van der Waals surface area contributed by atoms with Crippen LogP contribution in [0.15, 0.2) is 0 Å². The van der Waals surface area contributed by atoms with E-state index in [9.17, 15) is 8.42 Å². The third-order valence-electron chi connectivity index (χ3n) is 1.43. The highest BCUT2D eigenvalue weighted by molar-refractivity contribution is 7.91. The van der Waals surface area contributed by atoms with Crippen LogP contribution < -0.4 is 0 Å². The first-order chi connectivity index (χ1) is 5.98. The maximum Gasteiger partial charge on any atom is 0.452 e. The molecule has 0 atom stereocenters. The van der Waals surface area contributed by atoms with Gasteiger partial charge in [-0.05, 0) is 12.7 Å². The Morgan fingerprint density at radius 1 is 1.31 bits per heavy atom. The molecule has 0 aliphatic heterocycles. The van der Waals surface area contributed by atoms with E-state index in [2.05, 4.69) is 0 Å². The van der Waals surface area contributed by atoms with Crippen molar-refractivity contribution in [2.24, 2.45) is 0 Å². The maximum atomic E-state index is 11.1. The lowest BCUT2D eigenvalue weighted by atomic mass is 9.88. The molecular formula is C6H12BNO4S. The van der Waals surface area contributed by atoms with Crippen molar-refractivity contribution in [1.82, 2.24) is 0 Å². The topological polar surface area (TPSA) is 98.4 Å². The molecule has 0 saturated heterocycles. The van der Waals surface area contributed by atoms with E-state index < -0.39 is 17.0 Å². The highest BCUT2D eigenvalue weighted by atomic mass is 32.2. The van der Waals surface area contributed by atoms with Crippen LogP contribution in [0.25, 0.3) is 0 Å². The van der Waals surface area contributed by atoms with Gasteiger partial charge in [-0.2, -0.15) is 5.26 Å². The molecule has 0 aromatic rings. The number of nitrogens with zero attached hydrogens (tertiary/aromatic N) is 1. The van der Waals surface area contributed by atoms with Crippen LogP contribution in [0, 0.1) is 11.3 Å². The summed E-state index contributed by atoms with van der Waals surface area (Å²) in [6.45, 7) is 0. The van der Waals surface area contributed by atoms with E-state index in [1.807, 2.05) is 6.07 Å². The zero-order valence-corrected chi connectivity index (χ0v) is 8.00. The molecule has 7 heteroatoms. The molecule has 13 heavy (non-hydrogen) atoms. The van der Waals surface area contributed by atoms with Crippen molar-refractivity contribution in [2.45, 2.75) is 19.2 Å². The lowest BCUT2D eigenvalue weighted by molar-refractivity contribution is 0.408. The van der Waals surface area contributed by atoms with Crippen molar-refractivity contribution in [3.63, 3.8) is 0 Å². The normalized spacial score (nSPS) is 10.8. The summed E-state index contributed by atoms with van der Waals surface area (Å²) in [5.41, 5.74) is 0. The fourth-order valence-electron chi connectivity index (χ4n) is 0.758. The van der Waals surface area contributed by atoms with Crippen LogP contribution >= 0.6 is 0 Å². The lowest BCUT2D eigenvalue weighted by Gasteiger charge is -2.01. The number of unbranched alkanes of at least 4 members (excludes halogenated alkanes) is 1. The standard InChI is InChI=1S/C6H12BNO4S/c8-4-1-2-5-13(11,12)6-3-7(9)10/h9-10H,1-3,5-6H2. The third kappa shape index (κ3) is 7.78. The van der Waals surface area contributed by atoms with Gasteiger partial charge in [-0.25, -0.2) is 8.42 Å². The predicted octanol–water partition coefficient (Wildman–Crippen LogP) is -0.822. The van der Waals surface area contributed by atoms with Gasteiger partial charge < -0.3 is 10.0 Å². The number of sulfone groups is 1. The van der Waals surface area contributed by atoms with Crippen LogP contribution in [0.3, 0.4) is 0 Å². The summed E-state index contributed by atoms with van der Waals surface area (Å²) in [5.74, 6) is -0.302. The SMILES string of the molecule is N#CCCCS(=O)(=O)CCB(O)O. The van der Waals surface area contributed by atoms with E-state index in [0.29, 0.717) is 6.42 Å². The largest absolute Gasteiger partial charge is 0.452 e. The number of hydrogen-bond donors (Lipinski definition) is 2. The monoisotopic (exact) mass is 205 g/mol. The second-order valence-electron chi connectivity index (χ2n) is 2.68. The predicted molar refractivity (Wildman–Crippen MR) is 48.5 cm³/mol. The summed E-state index contributed by atoms with van der Waals surface area (Å²) < 4.78 is 22.2. The van der Waals surface area contributed by atoms with E-state index in [0.717, 1.165) is 0 Å². The van der Waals surface area contributed by atoms with Crippen LogP contribution in [0.4, 0.5) is 0 Å². The van der Waals surface area contributed by atoms with Crippen molar-refractivity contribution in [1.29, 1.82) is 5.26 Å². The van der Waals surface area contributed by atoms with Crippen molar-refractivity contribution >= 4 is 17.0 Å². The fraction of sp³-hybridized carbons (Fsp3) is 0.833. The molecule has 0 aromatic carbocycles. The molecule has 0 bridgehead atoms. The van der Waals surface area contributed by atoms with Gasteiger partial charge in [-0.1, -0.05) is 0 Å². The van der Waals surface area contributed by atoms with Gasteiger partial charge in [0.1, 0.15) is 9.84 Å². The van der Waals surface area contributed by atoms with Crippen LogP contribution in [0.5, 0.6) is 0 Å². The molecule has 0 heterocycles. The van der Waals surface area contributed by atoms with Crippen molar-refractivity contribution in [2.75, 3.05) is 11.5 Å². The highest BCUT2D eigenvalue weighted by Crippen LogP contribution is 2.00. The summed E-state index contributed by atoms with van der Waals surface area (Å²) >= 11 is 0. The Bertz CT molecular complexity index is 269. The molecule has 0 unspecified atom stereocenters. The first-order valence-corrected chi connectivity index (χ1v) is 5.73. The molecule has 74 valence electrons. The Morgan fingerprint density at radius 3 is 2.38 bits per heavy atom. The van der Waals surface area contributed by atoms with E-state index in [1.54, 1.807) is 0 Å². The molecule has 0 spiro atoms. The summed E-state index contributed by atoms with van der Waals surface area (Å²) in [7, 11) is -4.80. The summed E-state index contributed by atoms with van der Waals surface area (Å²) in [6, 6.07) is 1.84. The van der Waals surface area contributed by atoms with Gasteiger partial charge >= 0.3 is 7.12 Å². The van der Waals surface area contributed by atoms with Gasteiger partial charge in [0.15, 0.2) is 0 Å². The van der Waals surface area contributed by atoms with Gasteiger partial charge in [0.2, 0.25) is 0 Å². The number of hydrogen-bond acceptors (Lipinski definition) is 5. The molecular weight excluding hydrogens is 193 g/mol. The summed E-state index contributed by atoms with van der Waals surface area (Å²) in [6.07, 6.45) is 0.343. The first kappa shape index (κ1) is 12.4. The highest BCUT2D eigenvalue weighted by Gasteiger charge is 2.15. The molecule has 0 aromatic heterocycles. The van der Waals surface area contributed by atoms with E-state index >= 15 is 0 Å². The fourth-order valence-corrected chi connectivity index (χ4v) is 2.12. The van der Waals surface area contributed by atoms with Crippen LogP contribution in [-0.4, -0.2) is 37.1 Å². The van der Waals surface area contributed by atoms with E-state index in [4.69, 9.17) is 15.3 Å². The Morgan fingerprint density at radius 2 is 1.92 bits per heavy atom. The quantitative estimate of drug-likeness (QED) is 0.436. The third-order valence-corrected chi connectivity index (χ3v) is 3.20. The molecule has 0 aliphatic rings. The zero-order valence-electron chi connectivity index (χ0n) is 7.18. The summed E-state index contributed by atoms with van der Waals surface area (Å²) in [5, 5.41) is 25.0. The van der Waals surface area contributed by atoms with Crippen molar-refractivity contribution < 1.29 is 18.5 Å². The average molecular weight is 205 g/mol. The summed E-state index contributed by atoms with van der Waals surface area (Å²) in [4.78, 5) is 0. The van der Waals surface area contributed by atoms with Gasteiger partial charge in [0, 0.05) is 12.2 Å². The second kappa shape index (κ2) is 5.97. The minimum Gasteiger partial charge on any atom is -0.427 e. The second-order valence-corrected chi connectivity index (χ2v) is 4.99. The molecule has 0 aliphatic carbocycles. The average Bonchev–Trinajstić information content (AvgIpc) is 2.02. The van der Waals surface area contributed by atoms with E-state index in [1.165, 1.54) is 0 Å². The first-order valence-electron chi connectivity index (χ1n) is 3.91. The molecule has 5 nitrogen and oxygen atoms in total. The molecule has 2 N–H and O–H groups in total. The molecule has 0 radical (unpaired) electrons. The minimum atomic E-state index is -3.22. The number of nitriles is 1. The Hall–Kier alpha value is -0.575. The van der Waals surface area contributed by atoms with Crippen molar-refractivity contribution in [3.8, 4) is 6.07 Å². The van der Waals surface area contributed by atoms with Crippen LogP contribution in [-0.2, 0) is 9.84 Å². The van der Waals surface area contributed by atoms with Gasteiger partial charge in [-0.3, -0.25) is 0 Å². The van der Waals surface area contributed by atoms with Gasteiger partial charge in [0.05, 0.1) is 11.8 Å². The lowest BCUT2D eigenvalue weighted by Crippen LogP contribution is -2.19. The Kier molecular flexibility index (Phi) is 5.70. The van der Waals surface area contributed by atoms with E-state index in [-0.39, 0.29) is 24.2 Å². The minimum absolute atomic E-state index is 0.0622. The van der Waals surface area contributed by atoms with Crippen LogP contribution in [0.1, 0.15) is 12.8 Å². The molecule has 0 rings (SSSR count). The molecule has 0 fully saturated rings. The Balaban J connectivity index is 3.76. The molecule has 0 amide bonds. The Labute approximate surface area is 78.1 Å². The van der Waals surface area contributed by atoms with Crippen LogP contribution in [0.2, 0.25) is 6.32 Å². The van der Waals surface area contributed by atoms with Gasteiger partial charge in [-0.15, -0.1) is 0 Å². The molecule has 0 saturated carbocycles. The van der Waals surface area contributed by atoms with Gasteiger partial charge in [0.25, 0.3) is 0 Å². The zero-order chi connectivity index (χ0) is 10.3.